The van der Waals surface area contributed by atoms with E-state index in [9.17, 15) is 27.2 Å². The number of oxazole rings is 1. The number of benzene rings is 1. The number of nitrogens with zero attached hydrogens (tertiary/aromatic N) is 4. The molecule has 0 unspecified atom stereocenters. The van der Waals surface area contributed by atoms with Crippen molar-refractivity contribution in [2.24, 2.45) is 5.92 Å². The predicted octanol–water partition coefficient (Wildman–Crippen LogP) is 4.16. The number of urea groups is 1. The van der Waals surface area contributed by atoms with Crippen LogP contribution >= 0.6 is 0 Å². The summed E-state index contributed by atoms with van der Waals surface area (Å²) in [6.07, 6.45) is -3.85. The van der Waals surface area contributed by atoms with Gasteiger partial charge in [-0.2, -0.15) is 13.2 Å². The second-order valence-corrected chi connectivity index (χ2v) is 10.1. The third kappa shape index (κ3) is 5.60. The lowest BCUT2D eigenvalue weighted by molar-refractivity contribution is -0.150. The molecule has 0 spiro atoms. The number of carbonyl (C=O) groups excluding carboxylic acids is 2. The third-order valence-electron chi connectivity index (χ3n) is 7.44. The summed E-state index contributed by atoms with van der Waals surface area (Å²) in [7, 11) is 1.39. The largest absolute Gasteiger partial charge is 0.438 e. The van der Waals surface area contributed by atoms with Gasteiger partial charge in [-0.15, -0.1) is 0 Å². The summed E-state index contributed by atoms with van der Waals surface area (Å²) in [6, 6.07) is 0.467. The molecule has 40 heavy (non-hydrogen) atoms. The summed E-state index contributed by atoms with van der Waals surface area (Å²) < 4.78 is 69.6. The van der Waals surface area contributed by atoms with Gasteiger partial charge >= 0.3 is 12.2 Å². The second-order valence-electron chi connectivity index (χ2n) is 10.1. The monoisotopic (exact) mass is 568 g/mol. The lowest BCUT2D eigenvalue weighted by Gasteiger charge is -2.30. The van der Waals surface area contributed by atoms with E-state index < -0.39 is 49.0 Å². The summed E-state index contributed by atoms with van der Waals surface area (Å²) in [5.41, 5.74) is 1.54. The Morgan fingerprint density at radius 1 is 1.25 bits per heavy atom. The van der Waals surface area contributed by atoms with E-state index >= 15 is 0 Å². The molecule has 2 fully saturated rings. The number of rotatable bonds is 8. The Kier molecular flexibility index (Phi) is 7.66. The van der Waals surface area contributed by atoms with Crippen molar-refractivity contribution in [2.75, 3.05) is 20.3 Å². The first-order valence-corrected chi connectivity index (χ1v) is 12.8. The van der Waals surface area contributed by atoms with Gasteiger partial charge in [-0.3, -0.25) is 4.79 Å². The molecule has 3 atom stereocenters. The van der Waals surface area contributed by atoms with E-state index in [2.05, 4.69) is 25.2 Å². The van der Waals surface area contributed by atoms with Crippen molar-refractivity contribution in [3.8, 4) is 0 Å². The van der Waals surface area contributed by atoms with Crippen LogP contribution in [0.4, 0.5) is 22.4 Å². The molecular weight excluding hydrogens is 540 g/mol. The lowest BCUT2D eigenvalue weighted by Crippen LogP contribution is -2.40. The number of carbonyl (C=O) groups is 2. The Bertz CT molecular complexity index is 1370. The van der Waals surface area contributed by atoms with E-state index in [-0.39, 0.29) is 24.1 Å². The highest BCUT2D eigenvalue weighted by molar-refractivity contribution is 5.93. The molecule has 5 rings (SSSR count). The van der Waals surface area contributed by atoms with Crippen LogP contribution in [0, 0.1) is 12.8 Å². The molecule has 3 amide bonds. The maximum absolute atomic E-state index is 13.9. The molecule has 1 saturated carbocycles. The van der Waals surface area contributed by atoms with Crippen molar-refractivity contribution >= 4 is 23.0 Å². The number of halogens is 4. The van der Waals surface area contributed by atoms with Crippen LogP contribution in [0.1, 0.15) is 65.4 Å². The average Bonchev–Trinajstić information content (AvgIpc) is 3.63. The number of fused-ring (bicyclic) bond motifs is 1. The quantitative estimate of drug-likeness (QED) is 0.387. The number of nitrogens with one attached hydrogen (secondary N) is 2. The molecule has 216 valence electrons. The summed E-state index contributed by atoms with van der Waals surface area (Å²) in [5.74, 6) is -0.526. The molecule has 3 heterocycles. The maximum atomic E-state index is 13.9. The Hall–Kier alpha value is -3.75. The van der Waals surface area contributed by atoms with Gasteiger partial charge in [0.05, 0.1) is 19.2 Å². The van der Waals surface area contributed by atoms with E-state index in [1.165, 1.54) is 7.11 Å². The van der Waals surface area contributed by atoms with E-state index in [4.69, 9.17) is 9.15 Å². The number of aromatic nitrogens is 3. The maximum Gasteiger partial charge on any atom is 0.410 e. The second kappa shape index (κ2) is 11.0. The van der Waals surface area contributed by atoms with E-state index in [0.717, 1.165) is 4.90 Å². The summed E-state index contributed by atoms with van der Waals surface area (Å²) in [6.45, 7) is 0.953. The minimum absolute atomic E-state index is 0.00559. The average molecular weight is 569 g/mol. The third-order valence-corrected chi connectivity index (χ3v) is 7.44. The summed E-state index contributed by atoms with van der Waals surface area (Å²) in [4.78, 5) is 31.1. The summed E-state index contributed by atoms with van der Waals surface area (Å²) >= 11 is 0. The molecule has 11 nitrogen and oxygen atoms in total. The van der Waals surface area contributed by atoms with E-state index in [0.29, 0.717) is 48.0 Å². The molecule has 2 aliphatic rings. The van der Waals surface area contributed by atoms with Gasteiger partial charge < -0.3 is 24.7 Å². The number of aryl methyl sites for hydroxylation is 1. The molecule has 1 aliphatic carbocycles. The van der Waals surface area contributed by atoms with Gasteiger partial charge in [-0.05, 0) is 61.4 Å². The van der Waals surface area contributed by atoms with Gasteiger partial charge in [0.1, 0.15) is 29.5 Å². The van der Waals surface area contributed by atoms with Crippen LogP contribution in [0.2, 0.25) is 0 Å². The van der Waals surface area contributed by atoms with Gasteiger partial charge in [-0.1, -0.05) is 11.2 Å². The number of amides is 3. The summed E-state index contributed by atoms with van der Waals surface area (Å²) in [5, 5.41) is 12.1. The van der Waals surface area contributed by atoms with Crippen LogP contribution in [0.3, 0.4) is 0 Å². The van der Waals surface area contributed by atoms with Gasteiger partial charge in [0.15, 0.2) is 11.3 Å². The standard InChI is InChI=1S/C25H28F4N6O5/c1-12-20(34-40-33-12)22(36)32-21(13-3-6-15(26)7-4-13)23-30-16-9-14(5-8-18(16)39-23)17(11-38-2)35-10-19(25(27,28)29)31-24(35)37/h5,8-9,13,15,17,19,21H,3-4,6-7,10-11H2,1-2H3,(H,31,37)(H,32,36)/t13?,15?,17-,19+,21+/m1/s1. The van der Waals surface area contributed by atoms with Crippen molar-refractivity contribution in [2.45, 2.75) is 63.1 Å². The fourth-order valence-corrected chi connectivity index (χ4v) is 5.28. The Labute approximate surface area is 225 Å². The van der Waals surface area contributed by atoms with Gasteiger partial charge in [0.25, 0.3) is 5.91 Å². The Balaban J connectivity index is 1.44. The molecule has 2 aromatic heterocycles. The van der Waals surface area contributed by atoms with Crippen LogP contribution < -0.4 is 10.6 Å². The Morgan fingerprint density at radius 2 is 2.00 bits per heavy atom. The number of methoxy groups -OCH3 is 1. The van der Waals surface area contributed by atoms with Crippen molar-refractivity contribution in [1.82, 2.24) is 30.8 Å². The first-order valence-electron chi connectivity index (χ1n) is 12.8. The van der Waals surface area contributed by atoms with Crippen molar-refractivity contribution < 1.29 is 40.9 Å². The molecule has 1 saturated heterocycles. The molecule has 15 heteroatoms. The number of hydrogen-bond donors (Lipinski definition) is 2. The van der Waals surface area contributed by atoms with Crippen LogP contribution in [0.25, 0.3) is 11.1 Å². The smallest absolute Gasteiger partial charge is 0.410 e. The zero-order valence-electron chi connectivity index (χ0n) is 21.7. The van der Waals surface area contributed by atoms with Crippen molar-refractivity contribution in [3.05, 3.63) is 41.0 Å². The highest BCUT2D eigenvalue weighted by atomic mass is 19.4. The first-order chi connectivity index (χ1) is 19.0. The zero-order chi connectivity index (χ0) is 28.6. The van der Waals surface area contributed by atoms with E-state index in [1.54, 1.807) is 25.1 Å². The molecule has 2 N–H and O–H groups in total. The number of ether oxygens (including phenoxy) is 1. The van der Waals surface area contributed by atoms with Gasteiger partial charge in [-0.25, -0.2) is 18.8 Å². The SMILES string of the molecule is COC[C@H](c1ccc2oc([C@@H](NC(=O)c3nonc3C)C3CCC(F)CC3)nc2c1)N1C[C@@H](C(F)(F)F)NC1=O. The van der Waals surface area contributed by atoms with Gasteiger partial charge in [0, 0.05) is 7.11 Å². The van der Waals surface area contributed by atoms with E-state index in [1.807, 2.05) is 5.32 Å². The predicted molar refractivity (Wildman–Crippen MR) is 130 cm³/mol. The Morgan fingerprint density at radius 3 is 2.62 bits per heavy atom. The van der Waals surface area contributed by atoms with Crippen LogP contribution in [0.5, 0.6) is 0 Å². The molecule has 1 aliphatic heterocycles. The molecular formula is C25H28F4N6O5. The van der Waals surface area contributed by atoms with Gasteiger partial charge in [0.2, 0.25) is 5.89 Å². The van der Waals surface area contributed by atoms with Crippen LogP contribution in [0.15, 0.2) is 27.2 Å². The fourth-order valence-electron chi connectivity index (χ4n) is 5.28. The van der Waals surface area contributed by atoms with Crippen LogP contribution in [-0.4, -0.2) is 70.8 Å². The number of alkyl halides is 4. The zero-order valence-corrected chi connectivity index (χ0v) is 21.7. The molecule has 0 bridgehead atoms. The van der Waals surface area contributed by atoms with Crippen LogP contribution in [-0.2, 0) is 4.74 Å². The highest BCUT2D eigenvalue weighted by Gasteiger charge is 2.48. The van der Waals surface area contributed by atoms with Crippen molar-refractivity contribution in [1.29, 1.82) is 0 Å². The number of hydrogen-bond acceptors (Lipinski definition) is 8. The topological polar surface area (TPSA) is 136 Å². The van der Waals surface area contributed by atoms with Crippen molar-refractivity contribution in [3.63, 3.8) is 0 Å². The minimum atomic E-state index is -4.59. The molecule has 3 aromatic rings. The first kappa shape index (κ1) is 27.8. The fraction of sp³-hybridized carbons (Fsp3) is 0.560. The normalized spacial score (nSPS) is 23.3. The lowest BCUT2D eigenvalue weighted by atomic mass is 9.83. The minimum Gasteiger partial charge on any atom is -0.438 e. The molecule has 1 aromatic carbocycles. The highest BCUT2D eigenvalue weighted by Crippen LogP contribution is 2.37. The molecule has 0 radical (unpaired) electrons.